The molecule has 5 heteroatoms. The summed E-state index contributed by atoms with van der Waals surface area (Å²) in [6.45, 7) is 4.28. The number of aliphatic imine (C=N–C) groups is 1. The van der Waals surface area contributed by atoms with Crippen LogP contribution in [0.5, 0.6) is 5.75 Å². The van der Waals surface area contributed by atoms with Crippen LogP contribution in [-0.4, -0.2) is 25.0 Å². The fraction of sp³-hybridized carbons (Fsp3) is 0.231. The van der Waals surface area contributed by atoms with Crippen LogP contribution in [0.3, 0.4) is 0 Å². The summed E-state index contributed by atoms with van der Waals surface area (Å²) in [6.07, 6.45) is 3.65. The lowest BCUT2D eigenvalue weighted by atomic mass is 10.3. The van der Waals surface area contributed by atoms with E-state index in [-0.39, 0.29) is 0 Å². The van der Waals surface area contributed by atoms with Crippen LogP contribution in [0.4, 0.5) is 5.69 Å². The fourth-order valence-corrected chi connectivity index (χ4v) is 2.26. The van der Waals surface area contributed by atoms with Crippen molar-refractivity contribution < 1.29 is 4.43 Å². The molecule has 0 atom stereocenters. The first kappa shape index (κ1) is 12.6. The van der Waals surface area contributed by atoms with Crippen molar-refractivity contribution in [3.8, 4) is 5.75 Å². The van der Waals surface area contributed by atoms with Crippen LogP contribution in [-0.2, 0) is 7.05 Å². The molecule has 0 N–H and O–H groups in total. The molecule has 0 spiro atoms. The maximum atomic E-state index is 5.84. The molecule has 0 bridgehead atoms. The second-order valence-electron chi connectivity index (χ2n) is 4.31. The minimum absolute atomic E-state index is 0.842. The standard InChI is InChI=1S/C13H17N3OSi/c1-16-9-8-11(15-16)10-14-12-6-4-5-7-13(12)17-18(2)3/h4-10,18H,1-3H3. The Morgan fingerprint density at radius 1 is 1.28 bits per heavy atom. The molecule has 0 aliphatic carbocycles. The Hall–Kier alpha value is -1.88. The lowest BCUT2D eigenvalue weighted by Crippen LogP contribution is -2.11. The molecule has 94 valence electrons. The van der Waals surface area contributed by atoms with E-state index in [4.69, 9.17) is 4.43 Å². The maximum Gasteiger partial charge on any atom is 0.229 e. The third-order valence-corrected chi connectivity index (χ3v) is 3.02. The summed E-state index contributed by atoms with van der Waals surface area (Å²) in [7, 11) is 0.774. The highest BCUT2D eigenvalue weighted by molar-refractivity contribution is 6.49. The summed E-state index contributed by atoms with van der Waals surface area (Å²) in [5.41, 5.74) is 1.69. The molecule has 0 saturated heterocycles. The van der Waals surface area contributed by atoms with E-state index < -0.39 is 9.04 Å². The zero-order chi connectivity index (χ0) is 13.0. The van der Waals surface area contributed by atoms with E-state index in [2.05, 4.69) is 23.2 Å². The fourth-order valence-electron chi connectivity index (χ4n) is 1.55. The highest BCUT2D eigenvalue weighted by atomic mass is 28.3. The van der Waals surface area contributed by atoms with Crippen LogP contribution < -0.4 is 4.43 Å². The maximum absolute atomic E-state index is 5.84. The van der Waals surface area contributed by atoms with Gasteiger partial charge in [0.2, 0.25) is 9.04 Å². The van der Waals surface area contributed by atoms with Gasteiger partial charge in [-0.1, -0.05) is 12.1 Å². The van der Waals surface area contributed by atoms with Crippen molar-refractivity contribution in [3.05, 3.63) is 42.2 Å². The van der Waals surface area contributed by atoms with E-state index >= 15 is 0 Å². The summed E-state index contributed by atoms with van der Waals surface area (Å²) in [5.74, 6) is 0.853. The Labute approximate surface area is 109 Å². The number of nitrogens with zero attached hydrogens (tertiary/aromatic N) is 3. The molecule has 0 fully saturated rings. The van der Waals surface area contributed by atoms with Gasteiger partial charge in [0.1, 0.15) is 17.1 Å². The molecule has 4 nitrogen and oxygen atoms in total. The molecular formula is C13H17N3OSi. The van der Waals surface area contributed by atoms with Crippen LogP contribution in [0, 0.1) is 0 Å². The molecule has 0 radical (unpaired) electrons. The summed E-state index contributed by atoms with van der Waals surface area (Å²) in [5, 5.41) is 4.25. The first-order chi connectivity index (χ1) is 8.65. The van der Waals surface area contributed by atoms with Crippen LogP contribution in [0.15, 0.2) is 41.5 Å². The summed E-state index contributed by atoms with van der Waals surface area (Å²) in [6, 6.07) is 9.75. The number of rotatable bonds is 4. The number of benzene rings is 1. The van der Waals surface area contributed by atoms with Crippen molar-refractivity contribution in [2.24, 2.45) is 12.0 Å². The van der Waals surface area contributed by atoms with Gasteiger partial charge in [0.05, 0.1) is 6.21 Å². The Bertz CT molecular complexity index is 549. The normalized spacial score (nSPS) is 11.3. The average Bonchev–Trinajstić information content (AvgIpc) is 2.73. The van der Waals surface area contributed by atoms with Gasteiger partial charge in [0.15, 0.2) is 0 Å². The van der Waals surface area contributed by atoms with E-state index in [0.717, 1.165) is 17.1 Å². The van der Waals surface area contributed by atoms with Gasteiger partial charge in [-0.05, 0) is 31.3 Å². The van der Waals surface area contributed by atoms with E-state index in [0.29, 0.717) is 0 Å². The van der Waals surface area contributed by atoms with Crippen molar-refractivity contribution in [2.45, 2.75) is 13.1 Å². The summed E-state index contributed by atoms with van der Waals surface area (Å²) >= 11 is 0. The topological polar surface area (TPSA) is 39.4 Å². The zero-order valence-electron chi connectivity index (χ0n) is 10.9. The van der Waals surface area contributed by atoms with Crippen LogP contribution in [0.25, 0.3) is 0 Å². The number of hydrogen-bond donors (Lipinski definition) is 0. The first-order valence-electron chi connectivity index (χ1n) is 5.94. The third-order valence-electron chi connectivity index (χ3n) is 2.30. The lowest BCUT2D eigenvalue weighted by molar-refractivity contribution is 0.582. The second-order valence-corrected chi connectivity index (χ2v) is 6.64. The number of aryl methyl sites for hydroxylation is 1. The van der Waals surface area contributed by atoms with Crippen molar-refractivity contribution >= 4 is 20.9 Å². The van der Waals surface area contributed by atoms with Gasteiger partial charge in [-0.2, -0.15) is 5.10 Å². The molecule has 0 aliphatic rings. The van der Waals surface area contributed by atoms with Gasteiger partial charge in [-0.15, -0.1) is 0 Å². The Morgan fingerprint density at radius 2 is 2.06 bits per heavy atom. The summed E-state index contributed by atoms with van der Waals surface area (Å²) in [4.78, 5) is 4.44. The van der Waals surface area contributed by atoms with Crippen molar-refractivity contribution in [2.75, 3.05) is 0 Å². The van der Waals surface area contributed by atoms with Gasteiger partial charge < -0.3 is 4.43 Å². The van der Waals surface area contributed by atoms with Crippen LogP contribution in [0.2, 0.25) is 13.1 Å². The molecule has 2 aromatic rings. The van der Waals surface area contributed by atoms with Crippen molar-refractivity contribution in [1.82, 2.24) is 9.78 Å². The first-order valence-corrected chi connectivity index (χ1v) is 8.72. The molecule has 18 heavy (non-hydrogen) atoms. The van der Waals surface area contributed by atoms with E-state index in [1.54, 1.807) is 10.9 Å². The van der Waals surface area contributed by atoms with E-state index in [9.17, 15) is 0 Å². The number of para-hydroxylation sites is 2. The van der Waals surface area contributed by atoms with Gasteiger partial charge >= 0.3 is 0 Å². The molecule has 1 aromatic heterocycles. The third kappa shape index (κ3) is 3.30. The Balaban J connectivity index is 2.20. The minimum Gasteiger partial charge on any atom is -0.546 e. The monoisotopic (exact) mass is 259 g/mol. The van der Waals surface area contributed by atoms with Gasteiger partial charge in [-0.25, -0.2) is 0 Å². The predicted octanol–water partition coefficient (Wildman–Crippen LogP) is 2.53. The average molecular weight is 259 g/mol. The van der Waals surface area contributed by atoms with Gasteiger partial charge in [-0.3, -0.25) is 9.67 Å². The van der Waals surface area contributed by atoms with Crippen LogP contribution >= 0.6 is 0 Å². The summed E-state index contributed by atoms with van der Waals surface area (Å²) < 4.78 is 7.59. The SMILES string of the molecule is Cn1ccc(C=Nc2ccccc2O[SiH](C)C)n1. The molecule has 0 unspecified atom stereocenters. The molecule has 2 rings (SSSR count). The Morgan fingerprint density at radius 3 is 2.72 bits per heavy atom. The predicted molar refractivity (Wildman–Crippen MR) is 76.4 cm³/mol. The molecule has 0 saturated carbocycles. The zero-order valence-corrected chi connectivity index (χ0v) is 12.0. The molecular weight excluding hydrogens is 242 g/mol. The largest absolute Gasteiger partial charge is 0.546 e. The van der Waals surface area contributed by atoms with Crippen LogP contribution in [0.1, 0.15) is 5.69 Å². The van der Waals surface area contributed by atoms with E-state index in [1.165, 1.54) is 0 Å². The minimum atomic E-state index is -1.11. The molecule has 1 heterocycles. The quantitative estimate of drug-likeness (QED) is 0.625. The molecule has 0 amide bonds. The number of hydrogen-bond acceptors (Lipinski definition) is 3. The lowest BCUT2D eigenvalue weighted by Gasteiger charge is -2.10. The Kier molecular flexibility index (Phi) is 3.94. The molecule has 0 aliphatic heterocycles. The number of aromatic nitrogens is 2. The van der Waals surface area contributed by atoms with Gasteiger partial charge in [0.25, 0.3) is 0 Å². The second kappa shape index (κ2) is 5.64. The van der Waals surface area contributed by atoms with Crippen molar-refractivity contribution in [1.29, 1.82) is 0 Å². The van der Waals surface area contributed by atoms with E-state index in [1.807, 2.05) is 43.6 Å². The van der Waals surface area contributed by atoms with Crippen molar-refractivity contribution in [3.63, 3.8) is 0 Å². The molecule has 1 aromatic carbocycles. The van der Waals surface area contributed by atoms with Gasteiger partial charge in [0, 0.05) is 13.2 Å². The smallest absolute Gasteiger partial charge is 0.229 e. The highest BCUT2D eigenvalue weighted by Gasteiger charge is 2.04. The highest BCUT2D eigenvalue weighted by Crippen LogP contribution is 2.27.